The van der Waals surface area contributed by atoms with Crippen LogP contribution in [0.4, 0.5) is 0 Å². The van der Waals surface area contributed by atoms with Crippen molar-refractivity contribution in [2.75, 3.05) is 39.5 Å². The molecule has 0 fully saturated rings. The maximum Gasteiger partial charge on any atom is 0.191 e. The molecule has 0 bridgehead atoms. The van der Waals surface area contributed by atoms with Gasteiger partial charge in [-0.05, 0) is 26.0 Å². The van der Waals surface area contributed by atoms with Crippen LogP contribution in [0.3, 0.4) is 0 Å². The van der Waals surface area contributed by atoms with E-state index in [9.17, 15) is 0 Å². The number of para-hydroxylation sites is 1. The van der Waals surface area contributed by atoms with Crippen molar-refractivity contribution in [2.45, 2.75) is 13.8 Å². The minimum atomic E-state index is 0. The lowest BCUT2D eigenvalue weighted by atomic mass is 10.3. The molecular formula is C15H26IN3O2. The molecule has 0 atom stereocenters. The Kier molecular flexibility index (Phi) is 13.3. The Labute approximate surface area is 144 Å². The van der Waals surface area contributed by atoms with Gasteiger partial charge in [-0.15, -0.1) is 24.0 Å². The van der Waals surface area contributed by atoms with Crippen LogP contribution in [0.1, 0.15) is 13.8 Å². The third kappa shape index (κ3) is 10.4. The third-order valence-corrected chi connectivity index (χ3v) is 2.46. The third-order valence-electron chi connectivity index (χ3n) is 2.46. The fraction of sp³-hybridized carbons (Fsp3) is 0.533. The average Bonchev–Trinajstić information content (AvgIpc) is 2.49. The van der Waals surface area contributed by atoms with Gasteiger partial charge >= 0.3 is 0 Å². The van der Waals surface area contributed by atoms with E-state index in [1.54, 1.807) is 0 Å². The van der Waals surface area contributed by atoms with Gasteiger partial charge in [0.15, 0.2) is 5.96 Å². The predicted molar refractivity (Wildman–Crippen MR) is 97.8 cm³/mol. The highest BCUT2D eigenvalue weighted by Crippen LogP contribution is 2.07. The number of rotatable bonds is 9. The van der Waals surface area contributed by atoms with Gasteiger partial charge in [0.2, 0.25) is 0 Å². The average molecular weight is 407 g/mol. The monoisotopic (exact) mass is 407 g/mol. The van der Waals surface area contributed by atoms with Crippen LogP contribution in [-0.4, -0.2) is 45.4 Å². The Balaban J connectivity index is 0.00000400. The summed E-state index contributed by atoms with van der Waals surface area (Å²) < 4.78 is 10.9. The predicted octanol–water partition coefficient (Wildman–Crippen LogP) is 2.28. The fourth-order valence-corrected chi connectivity index (χ4v) is 1.56. The molecule has 5 nitrogen and oxygen atoms in total. The lowest BCUT2D eigenvalue weighted by molar-refractivity contribution is 0.155. The van der Waals surface area contributed by atoms with Gasteiger partial charge in [0, 0.05) is 13.2 Å². The van der Waals surface area contributed by atoms with Gasteiger partial charge in [-0.3, -0.25) is 4.99 Å². The minimum absolute atomic E-state index is 0. The van der Waals surface area contributed by atoms with Crippen LogP contribution in [0.15, 0.2) is 35.3 Å². The zero-order valence-corrected chi connectivity index (χ0v) is 15.1. The van der Waals surface area contributed by atoms with Gasteiger partial charge in [-0.1, -0.05) is 18.2 Å². The van der Waals surface area contributed by atoms with Crippen LogP contribution in [0.25, 0.3) is 0 Å². The van der Waals surface area contributed by atoms with Crippen molar-refractivity contribution < 1.29 is 9.47 Å². The quantitative estimate of drug-likeness (QED) is 0.286. The molecule has 2 N–H and O–H groups in total. The molecule has 0 saturated carbocycles. The summed E-state index contributed by atoms with van der Waals surface area (Å²) in [6.07, 6.45) is 0. The Morgan fingerprint density at radius 2 is 1.86 bits per heavy atom. The van der Waals surface area contributed by atoms with Crippen LogP contribution in [0.5, 0.6) is 5.75 Å². The molecule has 0 radical (unpaired) electrons. The summed E-state index contributed by atoms with van der Waals surface area (Å²) in [6, 6.07) is 9.78. The molecular weight excluding hydrogens is 381 g/mol. The lowest BCUT2D eigenvalue weighted by Crippen LogP contribution is -2.39. The van der Waals surface area contributed by atoms with E-state index >= 15 is 0 Å². The molecule has 0 aromatic heterocycles. The molecule has 1 rings (SSSR count). The van der Waals surface area contributed by atoms with E-state index in [1.165, 1.54) is 0 Å². The maximum absolute atomic E-state index is 5.61. The van der Waals surface area contributed by atoms with E-state index < -0.39 is 0 Å². The highest BCUT2D eigenvalue weighted by Gasteiger charge is 1.97. The van der Waals surface area contributed by atoms with Crippen molar-refractivity contribution in [2.24, 2.45) is 4.99 Å². The number of hydrogen-bond donors (Lipinski definition) is 2. The number of nitrogens with zero attached hydrogens (tertiary/aromatic N) is 1. The molecule has 0 unspecified atom stereocenters. The van der Waals surface area contributed by atoms with E-state index in [0.29, 0.717) is 26.3 Å². The second-order valence-electron chi connectivity index (χ2n) is 4.05. The topological polar surface area (TPSA) is 54.9 Å². The van der Waals surface area contributed by atoms with E-state index in [0.717, 1.165) is 24.9 Å². The molecule has 21 heavy (non-hydrogen) atoms. The molecule has 0 aliphatic rings. The van der Waals surface area contributed by atoms with Crippen LogP contribution >= 0.6 is 24.0 Å². The lowest BCUT2D eigenvalue weighted by Gasteiger charge is -2.12. The Morgan fingerprint density at radius 3 is 2.52 bits per heavy atom. The Bertz CT molecular complexity index is 374. The molecule has 1 aromatic rings. The van der Waals surface area contributed by atoms with Crippen LogP contribution in [0.2, 0.25) is 0 Å². The van der Waals surface area contributed by atoms with E-state index in [1.807, 2.05) is 44.2 Å². The number of hydrogen-bond acceptors (Lipinski definition) is 3. The second kappa shape index (κ2) is 13.9. The summed E-state index contributed by atoms with van der Waals surface area (Å²) in [5.74, 6) is 1.68. The first-order chi connectivity index (χ1) is 9.86. The first kappa shape index (κ1) is 20.0. The number of ether oxygens (including phenoxy) is 2. The van der Waals surface area contributed by atoms with Gasteiger partial charge in [-0.2, -0.15) is 0 Å². The summed E-state index contributed by atoms with van der Waals surface area (Å²) in [7, 11) is 0. The smallest absolute Gasteiger partial charge is 0.191 e. The SMILES string of the molecule is CCNC(=NCCOCC)NCCOc1ccccc1.I. The zero-order chi connectivity index (χ0) is 14.5. The first-order valence-corrected chi connectivity index (χ1v) is 7.14. The standard InChI is InChI=1S/C15H25N3O2.HI/c1-3-16-15(17-10-12-19-4-2)18-11-13-20-14-8-6-5-7-9-14;/h5-9H,3-4,10-13H2,1-2H3,(H2,16,17,18);1H. The molecule has 0 spiro atoms. The highest BCUT2D eigenvalue weighted by molar-refractivity contribution is 14.0. The zero-order valence-electron chi connectivity index (χ0n) is 12.8. The van der Waals surface area contributed by atoms with Gasteiger partial charge in [0.25, 0.3) is 0 Å². The Hall–Kier alpha value is -1.02. The second-order valence-corrected chi connectivity index (χ2v) is 4.05. The Morgan fingerprint density at radius 1 is 1.10 bits per heavy atom. The highest BCUT2D eigenvalue weighted by atomic mass is 127. The van der Waals surface area contributed by atoms with Crippen LogP contribution in [0, 0.1) is 0 Å². The number of aliphatic imine (C=N–C) groups is 1. The van der Waals surface area contributed by atoms with Crippen molar-refractivity contribution in [3.05, 3.63) is 30.3 Å². The summed E-state index contributed by atoms with van der Waals surface area (Å²) in [6.45, 7) is 8.18. The van der Waals surface area contributed by atoms with Crippen LogP contribution in [-0.2, 0) is 4.74 Å². The number of guanidine groups is 1. The number of benzene rings is 1. The van der Waals surface area contributed by atoms with Crippen molar-refractivity contribution in [3.8, 4) is 5.75 Å². The summed E-state index contributed by atoms with van der Waals surface area (Å²) in [5.41, 5.74) is 0. The van der Waals surface area contributed by atoms with Gasteiger partial charge in [-0.25, -0.2) is 0 Å². The molecule has 0 aliphatic heterocycles. The normalized spacial score (nSPS) is 10.7. The summed E-state index contributed by atoms with van der Waals surface area (Å²) in [5, 5.41) is 6.41. The maximum atomic E-state index is 5.61. The van der Waals surface area contributed by atoms with Crippen molar-refractivity contribution in [1.82, 2.24) is 10.6 Å². The fourth-order valence-electron chi connectivity index (χ4n) is 1.56. The molecule has 0 aliphatic carbocycles. The van der Waals surface area contributed by atoms with Crippen LogP contribution < -0.4 is 15.4 Å². The molecule has 120 valence electrons. The molecule has 0 saturated heterocycles. The van der Waals surface area contributed by atoms with E-state index in [2.05, 4.69) is 15.6 Å². The molecule has 0 amide bonds. The first-order valence-electron chi connectivity index (χ1n) is 7.14. The summed E-state index contributed by atoms with van der Waals surface area (Å²) in [4.78, 5) is 4.41. The summed E-state index contributed by atoms with van der Waals surface area (Å²) >= 11 is 0. The van der Waals surface area contributed by atoms with Crippen molar-refractivity contribution in [3.63, 3.8) is 0 Å². The van der Waals surface area contributed by atoms with Gasteiger partial charge in [0.05, 0.1) is 19.7 Å². The number of nitrogens with one attached hydrogen (secondary N) is 2. The van der Waals surface area contributed by atoms with E-state index in [4.69, 9.17) is 9.47 Å². The molecule has 0 heterocycles. The largest absolute Gasteiger partial charge is 0.492 e. The number of halogens is 1. The molecule has 1 aromatic carbocycles. The van der Waals surface area contributed by atoms with Crippen molar-refractivity contribution >= 4 is 29.9 Å². The van der Waals surface area contributed by atoms with Gasteiger partial charge < -0.3 is 20.1 Å². The van der Waals surface area contributed by atoms with E-state index in [-0.39, 0.29) is 24.0 Å². The molecule has 6 heteroatoms. The van der Waals surface area contributed by atoms with Crippen molar-refractivity contribution in [1.29, 1.82) is 0 Å². The van der Waals surface area contributed by atoms with Gasteiger partial charge in [0.1, 0.15) is 12.4 Å². The minimum Gasteiger partial charge on any atom is -0.492 e.